The van der Waals surface area contributed by atoms with Crippen molar-refractivity contribution in [2.75, 3.05) is 32.0 Å². The Labute approximate surface area is 177 Å². The highest BCUT2D eigenvalue weighted by molar-refractivity contribution is 7.89. The first kappa shape index (κ1) is 22.8. The monoisotopic (exact) mass is 428 g/mol. The van der Waals surface area contributed by atoms with Crippen molar-refractivity contribution < 1.29 is 13.2 Å². The Hall–Kier alpha value is -0.860. The Kier molecular flexibility index (Phi) is 7.84. The quantitative estimate of drug-likeness (QED) is 0.458. The molecule has 0 aromatic carbocycles. The highest BCUT2D eigenvalue weighted by Crippen LogP contribution is 2.54. The van der Waals surface area contributed by atoms with E-state index in [1.54, 1.807) is 4.31 Å². The SMILES string of the molecule is CCCS(=O)(=O)N1CCC(NC(=NCC)NC2CC(OCC)C23CCCC3)CC1. The number of ether oxygens (including phenoxy) is 1. The third-order valence-electron chi connectivity index (χ3n) is 6.96. The molecule has 0 bridgehead atoms. The first-order chi connectivity index (χ1) is 13.9. The van der Waals surface area contributed by atoms with Crippen LogP contribution in [0.1, 0.15) is 72.1 Å². The Morgan fingerprint density at radius 1 is 1.14 bits per heavy atom. The standard InChI is InChI=1S/C21H40N4O3S/c1-4-15-29(26,27)25-13-9-17(10-14-25)23-20(22-5-2)24-18-16-19(28-6-3)21(18)11-7-8-12-21/h17-19H,4-16H2,1-3H3,(H2,22,23,24). The molecule has 2 saturated carbocycles. The zero-order valence-corrected chi connectivity index (χ0v) is 19.3. The van der Waals surface area contributed by atoms with Crippen LogP contribution in [0.4, 0.5) is 0 Å². The molecule has 0 aromatic heterocycles. The first-order valence-electron chi connectivity index (χ1n) is 11.6. The largest absolute Gasteiger partial charge is 0.378 e. The van der Waals surface area contributed by atoms with Crippen molar-refractivity contribution in [2.24, 2.45) is 10.4 Å². The van der Waals surface area contributed by atoms with E-state index in [2.05, 4.69) is 29.5 Å². The fraction of sp³-hybridized carbons (Fsp3) is 0.952. The predicted octanol–water partition coefficient (Wildman–Crippen LogP) is 2.48. The van der Waals surface area contributed by atoms with Gasteiger partial charge in [-0.3, -0.25) is 4.99 Å². The average Bonchev–Trinajstić information content (AvgIpc) is 3.21. The minimum absolute atomic E-state index is 0.250. The van der Waals surface area contributed by atoms with E-state index in [0.29, 0.717) is 31.7 Å². The van der Waals surface area contributed by atoms with Crippen molar-refractivity contribution in [1.29, 1.82) is 0 Å². The third kappa shape index (κ3) is 5.07. The molecule has 3 aliphatic rings. The van der Waals surface area contributed by atoms with Crippen molar-refractivity contribution in [3.63, 3.8) is 0 Å². The van der Waals surface area contributed by atoms with Crippen LogP contribution in [-0.2, 0) is 14.8 Å². The van der Waals surface area contributed by atoms with Crippen LogP contribution < -0.4 is 10.6 Å². The number of guanidine groups is 1. The predicted molar refractivity (Wildman–Crippen MR) is 118 cm³/mol. The number of aliphatic imine (C=N–C) groups is 1. The summed E-state index contributed by atoms with van der Waals surface area (Å²) in [6.45, 7) is 8.76. The summed E-state index contributed by atoms with van der Waals surface area (Å²) >= 11 is 0. The number of hydrogen-bond acceptors (Lipinski definition) is 4. The zero-order valence-electron chi connectivity index (χ0n) is 18.5. The molecule has 2 aliphatic carbocycles. The van der Waals surface area contributed by atoms with Crippen LogP contribution in [0.15, 0.2) is 4.99 Å². The lowest BCUT2D eigenvalue weighted by Gasteiger charge is -2.54. The van der Waals surface area contributed by atoms with Crippen LogP contribution in [0.25, 0.3) is 0 Å². The Morgan fingerprint density at radius 3 is 2.41 bits per heavy atom. The maximum atomic E-state index is 12.3. The van der Waals surface area contributed by atoms with Gasteiger partial charge in [0, 0.05) is 43.7 Å². The van der Waals surface area contributed by atoms with Crippen molar-refractivity contribution in [2.45, 2.75) is 90.3 Å². The summed E-state index contributed by atoms with van der Waals surface area (Å²) in [5.74, 6) is 1.13. The minimum Gasteiger partial charge on any atom is -0.378 e. The van der Waals surface area contributed by atoms with E-state index in [1.807, 2.05) is 6.92 Å². The van der Waals surface area contributed by atoms with Crippen LogP contribution in [0, 0.1) is 5.41 Å². The number of hydrogen-bond donors (Lipinski definition) is 2. The van der Waals surface area contributed by atoms with E-state index in [0.717, 1.165) is 38.4 Å². The highest BCUT2D eigenvalue weighted by Gasteiger charge is 2.57. The summed E-state index contributed by atoms with van der Waals surface area (Å²) < 4.78 is 32.3. The van der Waals surface area contributed by atoms with Crippen molar-refractivity contribution >= 4 is 16.0 Å². The smallest absolute Gasteiger partial charge is 0.214 e. The van der Waals surface area contributed by atoms with E-state index < -0.39 is 10.0 Å². The number of piperidine rings is 1. The molecule has 3 rings (SSSR count). The molecule has 2 unspecified atom stereocenters. The Balaban J connectivity index is 1.55. The maximum Gasteiger partial charge on any atom is 0.214 e. The van der Waals surface area contributed by atoms with Crippen molar-refractivity contribution in [3.8, 4) is 0 Å². The van der Waals surface area contributed by atoms with Crippen LogP contribution >= 0.6 is 0 Å². The topological polar surface area (TPSA) is 83.0 Å². The Bertz CT molecular complexity index is 653. The third-order valence-corrected chi connectivity index (χ3v) is 9.04. The van der Waals surface area contributed by atoms with E-state index in [4.69, 9.17) is 4.74 Å². The van der Waals surface area contributed by atoms with Gasteiger partial charge in [0.15, 0.2) is 5.96 Å². The molecule has 0 aromatic rings. The van der Waals surface area contributed by atoms with Gasteiger partial charge in [-0.05, 0) is 52.4 Å². The lowest BCUT2D eigenvalue weighted by molar-refractivity contribution is -0.125. The molecule has 29 heavy (non-hydrogen) atoms. The molecule has 1 heterocycles. The number of nitrogens with zero attached hydrogens (tertiary/aromatic N) is 2. The molecule has 3 fully saturated rings. The lowest BCUT2D eigenvalue weighted by atomic mass is 9.60. The minimum atomic E-state index is -3.09. The van der Waals surface area contributed by atoms with Gasteiger partial charge in [0.2, 0.25) is 10.0 Å². The zero-order chi connectivity index (χ0) is 20.9. The molecular formula is C21H40N4O3S. The van der Waals surface area contributed by atoms with Gasteiger partial charge in [-0.15, -0.1) is 0 Å². The fourth-order valence-electron chi connectivity index (χ4n) is 5.40. The second-order valence-electron chi connectivity index (χ2n) is 8.77. The summed E-state index contributed by atoms with van der Waals surface area (Å²) in [5.41, 5.74) is 0.268. The van der Waals surface area contributed by atoms with Gasteiger partial charge in [-0.1, -0.05) is 19.8 Å². The lowest BCUT2D eigenvalue weighted by Crippen LogP contribution is -2.65. The van der Waals surface area contributed by atoms with Gasteiger partial charge < -0.3 is 15.4 Å². The highest BCUT2D eigenvalue weighted by atomic mass is 32.2. The molecule has 0 amide bonds. The summed E-state index contributed by atoms with van der Waals surface area (Å²) in [6.07, 6.45) is 8.80. The molecule has 0 radical (unpaired) electrons. The maximum absolute atomic E-state index is 12.3. The van der Waals surface area contributed by atoms with Crippen LogP contribution in [0.2, 0.25) is 0 Å². The number of rotatable bonds is 8. The van der Waals surface area contributed by atoms with Gasteiger partial charge in [-0.25, -0.2) is 12.7 Å². The summed E-state index contributed by atoms with van der Waals surface area (Å²) in [7, 11) is -3.09. The second kappa shape index (κ2) is 9.96. The van der Waals surface area contributed by atoms with Crippen LogP contribution in [0.5, 0.6) is 0 Å². The molecule has 1 aliphatic heterocycles. The first-order valence-corrected chi connectivity index (χ1v) is 13.2. The van der Waals surface area contributed by atoms with Gasteiger partial charge in [0.25, 0.3) is 0 Å². The summed E-state index contributed by atoms with van der Waals surface area (Å²) in [6, 6.07) is 0.688. The number of sulfonamides is 1. The van der Waals surface area contributed by atoms with E-state index in [1.165, 1.54) is 25.7 Å². The average molecular weight is 429 g/mol. The molecule has 2 atom stereocenters. The van der Waals surface area contributed by atoms with E-state index in [9.17, 15) is 8.42 Å². The number of nitrogens with one attached hydrogen (secondary N) is 2. The Morgan fingerprint density at radius 2 is 1.83 bits per heavy atom. The molecule has 2 N–H and O–H groups in total. The molecule has 1 saturated heterocycles. The van der Waals surface area contributed by atoms with Crippen molar-refractivity contribution in [1.82, 2.24) is 14.9 Å². The molecule has 8 heteroatoms. The van der Waals surface area contributed by atoms with E-state index >= 15 is 0 Å². The molecular weight excluding hydrogens is 388 g/mol. The summed E-state index contributed by atoms with van der Waals surface area (Å²) in [5, 5.41) is 7.30. The molecule has 1 spiro atoms. The van der Waals surface area contributed by atoms with Crippen LogP contribution in [0.3, 0.4) is 0 Å². The normalized spacial score (nSPS) is 28.4. The van der Waals surface area contributed by atoms with E-state index in [-0.39, 0.29) is 17.2 Å². The molecule has 7 nitrogen and oxygen atoms in total. The van der Waals surface area contributed by atoms with Crippen molar-refractivity contribution in [3.05, 3.63) is 0 Å². The van der Waals surface area contributed by atoms with Gasteiger partial charge in [0.05, 0.1) is 11.9 Å². The summed E-state index contributed by atoms with van der Waals surface area (Å²) in [4.78, 5) is 4.68. The van der Waals surface area contributed by atoms with Gasteiger partial charge in [0.1, 0.15) is 0 Å². The van der Waals surface area contributed by atoms with Crippen LogP contribution in [-0.4, -0.2) is 68.9 Å². The fourth-order valence-corrected chi connectivity index (χ4v) is 6.94. The second-order valence-corrected chi connectivity index (χ2v) is 10.9. The molecule has 168 valence electrons. The van der Waals surface area contributed by atoms with Gasteiger partial charge in [-0.2, -0.15) is 0 Å². The van der Waals surface area contributed by atoms with Gasteiger partial charge >= 0.3 is 0 Å².